The van der Waals surface area contributed by atoms with Gasteiger partial charge in [-0.05, 0) is 105 Å². The Morgan fingerprint density at radius 3 is 1.73 bits per heavy atom. The van der Waals surface area contributed by atoms with Crippen LogP contribution in [-0.4, -0.2) is 0 Å². The Morgan fingerprint density at radius 1 is 0.432 bits per heavy atom. The molecule has 2 heteroatoms. The molecule has 44 heavy (non-hydrogen) atoms. The molecule has 0 saturated carbocycles. The number of nitrogens with one attached hydrogen (secondary N) is 1. The van der Waals surface area contributed by atoms with Crippen LogP contribution in [0.3, 0.4) is 0 Å². The van der Waals surface area contributed by atoms with Gasteiger partial charge in [0.1, 0.15) is 0 Å². The van der Waals surface area contributed by atoms with E-state index in [-0.39, 0.29) is 10.8 Å². The summed E-state index contributed by atoms with van der Waals surface area (Å²) in [5.74, 6) is 0. The van der Waals surface area contributed by atoms with Crippen molar-refractivity contribution in [3.63, 3.8) is 0 Å². The lowest BCUT2D eigenvalue weighted by Gasteiger charge is -2.42. The highest BCUT2D eigenvalue weighted by molar-refractivity contribution is 5.89. The highest BCUT2D eigenvalue weighted by atomic mass is 15.2. The summed E-state index contributed by atoms with van der Waals surface area (Å²) in [6, 6.07) is 50.9. The van der Waals surface area contributed by atoms with Crippen LogP contribution in [0.2, 0.25) is 0 Å². The fourth-order valence-corrected chi connectivity index (χ4v) is 7.42. The van der Waals surface area contributed by atoms with E-state index in [0.717, 1.165) is 11.4 Å². The molecule has 1 heterocycles. The predicted octanol–water partition coefficient (Wildman–Crippen LogP) is 11.5. The van der Waals surface area contributed by atoms with Crippen molar-refractivity contribution in [3.05, 3.63) is 162 Å². The number of rotatable bonds is 4. The van der Waals surface area contributed by atoms with Crippen molar-refractivity contribution in [1.29, 1.82) is 0 Å². The summed E-state index contributed by atoms with van der Waals surface area (Å²) in [5, 5.41) is 3.59. The standard InChI is InChI=1S/C42H36N2/c1-41(2)35-17-11-12-18-39(35)44(32-15-9-6-10-16-32)40-24-20-29(26-38(40)41)28-19-22-33-34-23-21-31(43-30-13-7-5-8-14-30)27-37(34)42(3,4)36(33)25-28/h5-27,43H,1-4H3. The zero-order chi connectivity index (χ0) is 30.1. The second kappa shape index (κ2) is 9.72. The van der Waals surface area contributed by atoms with Gasteiger partial charge in [-0.15, -0.1) is 0 Å². The Kier molecular flexibility index (Phi) is 5.86. The maximum absolute atomic E-state index is 3.59. The normalized spacial score (nSPS) is 15.1. The average Bonchev–Trinajstić information content (AvgIpc) is 3.27. The van der Waals surface area contributed by atoms with Crippen molar-refractivity contribution >= 4 is 28.4 Å². The van der Waals surface area contributed by atoms with Gasteiger partial charge >= 0.3 is 0 Å². The zero-order valence-corrected chi connectivity index (χ0v) is 25.7. The fourth-order valence-electron chi connectivity index (χ4n) is 7.42. The van der Waals surface area contributed by atoms with Crippen LogP contribution in [0.15, 0.2) is 140 Å². The van der Waals surface area contributed by atoms with Crippen molar-refractivity contribution in [2.75, 3.05) is 10.2 Å². The molecule has 2 nitrogen and oxygen atoms in total. The van der Waals surface area contributed by atoms with Gasteiger partial charge in [0.25, 0.3) is 0 Å². The molecule has 1 aliphatic carbocycles. The third-order valence-electron chi connectivity index (χ3n) is 9.82. The monoisotopic (exact) mass is 568 g/mol. The molecule has 8 rings (SSSR count). The Balaban J connectivity index is 1.21. The second-order valence-electron chi connectivity index (χ2n) is 13.2. The van der Waals surface area contributed by atoms with Crippen LogP contribution in [0.1, 0.15) is 49.9 Å². The van der Waals surface area contributed by atoms with E-state index >= 15 is 0 Å². The van der Waals surface area contributed by atoms with Crippen LogP contribution in [-0.2, 0) is 10.8 Å². The minimum Gasteiger partial charge on any atom is -0.356 e. The van der Waals surface area contributed by atoms with Gasteiger partial charge in [0.05, 0.1) is 11.4 Å². The first kappa shape index (κ1) is 26.5. The van der Waals surface area contributed by atoms with Crippen LogP contribution in [0, 0.1) is 0 Å². The lowest BCUT2D eigenvalue weighted by Crippen LogP contribution is -2.30. The molecule has 1 N–H and O–H groups in total. The van der Waals surface area contributed by atoms with Gasteiger partial charge in [0.2, 0.25) is 0 Å². The van der Waals surface area contributed by atoms with E-state index in [0.29, 0.717) is 0 Å². The zero-order valence-electron chi connectivity index (χ0n) is 25.7. The molecule has 0 atom stereocenters. The summed E-state index contributed by atoms with van der Waals surface area (Å²) in [5.41, 5.74) is 16.3. The fraction of sp³-hybridized carbons (Fsp3) is 0.143. The average molecular weight is 569 g/mol. The maximum Gasteiger partial charge on any atom is 0.0503 e. The molecular formula is C42H36N2. The molecule has 0 radical (unpaired) electrons. The van der Waals surface area contributed by atoms with Gasteiger partial charge in [-0.1, -0.05) is 107 Å². The number of anilines is 5. The number of benzene rings is 6. The summed E-state index contributed by atoms with van der Waals surface area (Å²) < 4.78 is 0. The van der Waals surface area contributed by atoms with Crippen LogP contribution in [0.5, 0.6) is 0 Å². The number of hydrogen-bond donors (Lipinski definition) is 1. The molecule has 0 saturated heterocycles. The topological polar surface area (TPSA) is 15.3 Å². The molecule has 6 aromatic carbocycles. The Morgan fingerprint density at radius 2 is 0.977 bits per heavy atom. The van der Waals surface area contributed by atoms with Crippen LogP contribution in [0.4, 0.5) is 28.4 Å². The third kappa shape index (κ3) is 4.02. The molecule has 0 unspecified atom stereocenters. The van der Waals surface area contributed by atoms with E-state index in [9.17, 15) is 0 Å². The first-order chi connectivity index (χ1) is 21.3. The van der Waals surface area contributed by atoms with Crippen molar-refractivity contribution in [3.8, 4) is 22.3 Å². The number of para-hydroxylation sites is 3. The minimum absolute atomic E-state index is 0.106. The van der Waals surface area contributed by atoms with E-state index in [1.807, 2.05) is 6.07 Å². The van der Waals surface area contributed by atoms with Crippen molar-refractivity contribution in [1.82, 2.24) is 0 Å². The lowest BCUT2D eigenvalue weighted by atomic mass is 9.72. The summed E-state index contributed by atoms with van der Waals surface area (Å²) in [6.45, 7) is 9.44. The largest absolute Gasteiger partial charge is 0.356 e. The van der Waals surface area contributed by atoms with Crippen LogP contribution < -0.4 is 10.2 Å². The smallest absolute Gasteiger partial charge is 0.0503 e. The maximum atomic E-state index is 3.59. The molecule has 0 spiro atoms. The Labute approximate surface area is 260 Å². The molecule has 214 valence electrons. The highest BCUT2D eigenvalue weighted by Crippen LogP contribution is 2.54. The summed E-state index contributed by atoms with van der Waals surface area (Å²) in [7, 11) is 0. The summed E-state index contributed by atoms with van der Waals surface area (Å²) >= 11 is 0. The van der Waals surface area contributed by atoms with E-state index < -0.39 is 0 Å². The van der Waals surface area contributed by atoms with E-state index in [1.165, 1.54) is 61.6 Å². The van der Waals surface area contributed by atoms with Gasteiger partial charge in [-0.2, -0.15) is 0 Å². The van der Waals surface area contributed by atoms with E-state index in [1.54, 1.807) is 0 Å². The molecule has 0 amide bonds. The first-order valence-electron chi connectivity index (χ1n) is 15.5. The molecule has 6 aromatic rings. The van der Waals surface area contributed by atoms with Crippen molar-refractivity contribution in [2.45, 2.75) is 38.5 Å². The van der Waals surface area contributed by atoms with E-state index in [2.05, 4.69) is 171 Å². The minimum atomic E-state index is -0.137. The molecule has 0 bridgehead atoms. The van der Waals surface area contributed by atoms with Crippen LogP contribution >= 0.6 is 0 Å². The number of hydrogen-bond acceptors (Lipinski definition) is 2. The highest BCUT2D eigenvalue weighted by Gasteiger charge is 2.38. The van der Waals surface area contributed by atoms with Crippen molar-refractivity contribution < 1.29 is 0 Å². The molecule has 0 aromatic heterocycles. The van der Waals surface area contributed by atoms with Gasteiger partial charge in [0.15, 0.2) is 0 Å². The van der Waals surface area contributed by atoms with Gasteiger partial charge in [0, 0.05) is 27.9 Å². The van der Waals surface area contributed by atoms with Crippen LogP contribution in [0.25, 0.3) is 22.3 Å². The first-order valence-corrected chi connectivity index (χ1v) is 15.5. The number of nitrogens with zero attached hydrogens (tertiary/aromatic N) is 1. The molecule has 2 aliphatic rings. The summed E-state index contributed by atoms with van der Waals surface area (Å²) in [4.78, 5) is 2.42. The third-order valence-corrected chi connectivity index (χ3v) is 9.82. The Hall–Kier alpha value is -5.08. The molecule has 0 fully saturated rings. The number of fused-ring (bicyclic) bond motifs is 5. The second-order valence-corrected chi connectivity index (χ2v) is 13.2. The van der Waals surface area contributed by atoms with Gasteiger partial charge in [-0.25, -0.2) is 0 Å². The van der Waals surface area contributed by atoms with Gasteiger partial charge in [-0.3, -0.25) is 0 Å². The molecule has 1 aliphatic heterocycles. The Bertz CT molecular complexity index is 2040. The lowest BCUT2D eigenvalue weighted by molar-refractivity contribution is 0.632. The SMILES string of the molecule is CC1(C)c2cc(Nc3ccccc3)ccc2-c2ccc(-c3ccc4c(c3)C(C)(C)c3ccccc3N4c3ccccc3)cc21. The van der Waals surface area contributed by atoms with Crippen molar-refractivity contribution in [2.24, 2.45) is 0 Å². The van der Waals surface area contributed by atoms with Gasteiger partial charge < -0.3 is 10.2 Å². The quantitative estimate of drug-likeness (QED) is 0.227. The molecular weight excluding hydrogens is 532 g/mol. The predicted molar refractivity (Wildman–Crippen MR) is 186 cm³/mol. The van der Waals surface area contributed by atoms with E-state index in [4.69, 9.17) is 0 Å². The summed E-state index contributed by atoms with van der Waals surface area (Å²) in [6.07, 6.45) is 0.